The van der Waals surface area contributed by atoms with Crippen LogP contribution in [0.15, 0.2) is 10.6 Å². The Hall–Kier alpha value is -1.36. The van der Waals surface area contributed by atoms with Crippen LogP contribution in [0.4, 0.5) is 0 Å². The molecule has 0 amide bonds. The number of aryl methyl sites for hydroxylation is 1. The van der Waals surface area contributed by atoms with Crippen molar-refractivity contribution in [1.29, 1.82) is 0 Å². The smallest absolute Gasteiger partial charge is 0.305 e. The Bertz CT molecular complexity index is 282. The van der Waals surface area contributed by atoms with Crippen molar-refractivity contribution in [3.8, 4) is 0 Å². The lowest BCUT2D eigenvalue weighted by atomic mass is 10.1. The summed E-state index contributed by atoms with van der Waals surface area (Å²) in [5, 5.41) is 12.0. The molecule has 0 radical (unpaired) electrons. The van der Waals surface area contributed by atoms with E-state index in [1.807, 2.05) is 0 Å². The first-order valence-corrected chi connectivity index (χ1v) is 3.50. The Balaban J connectivity index is 2.64. The van der Waals surface area contributed by atoms with E-state index in [0.717, 1.165) is 0 Å². The SMILES string of the molecule is Cc1cc(C(N)CC(=O)O)on1. The van der Waals surface area contributed by atoms with E-state index in [9.17, 15) is 4.79 Å². The Labute approximate surface area is 69.2 Å². The predicted molar refractivity (Wildman–Crippen MR) is 40.4 cm³/mol. The van der Waals surface area contributed by atoms with Crippen LogP contribution in [0.5, 0.6) is 0 Å². The van der Waals surface area contributed by atoms with E-state index in [1.54, 1.807) is 13.0 Å². The Morgan fingerprint density at radius 1 is 1.92 bits per heavy atom. The lowest BCUT2D eigenvalue weighted by Gasteiger charge is -2.01. The molecule has 12 heavy (non-hydrogen) atoms. The number of carboxylic acid groups (broad SMARTS) is 1. The second-order valence-corrected chi connectivity index (χ2v) is 2.58. The van der Waals surface area contributed by atoms with Gasteiger partial charge >= 0.3 is 5.97 Å². The zero-order valence-electron chi connectivity index (χ0n) is 6.65. The lowest BCUT2D eigenvalue weighted by Crippen LogP contribution is -2.14. The minimum absolute atomic E-state index is 0.144. The highest BCUT2D eigenvalue weighted by atomic mass is 16.5. The van der Waals surface area contributed by atoms with E-state index in [4.69, 9.17) is 15.4 Å². The van der Waals surface area contributed by atoms with Crippen LogP contribution in [0.3, 0.4) is 0 Å². The van der Waals surface area contributed by atoms with E-state index < -0.39 is 12.0 Å². The molecular weight excluding hydrogens is 160 g/mol. The molecule has 0 aliphatic rings. The molecule has 0 saturated carbocycles. The summed E-state index contributed by atoms with van der Waals surface area (Å²) in [5.74, 6) is -0.536. The van der Waals surface area contributed by atoms with Crippen molar-refractivity contribution in [2.24, 2.45) is 5.73 Å². The molecule has 0 fully saturated rings. The van der Waals surface area contributed by atoms with Crippen molar-refractivity contribution < 1.29 is 14.4 Å². The van der Waals surface area contributed by atoms with Gasteiger partial charge in [-0.15, -0.1) is 0 Å². The number of aromatic nitrogens is 1. The number of aliphatic carboxylic acids is 1. The molecule has 1 aromatic heterocycles. The van der Waals surface area contributed by atoms with Gasteiger partial charge < -0.3 is 15.4 Å². The van der Waals surface area contributed by atoms with Gasteiger partial charge in [0, 0.05) is 6.07 Å². The number of rotatable bonds is 3. The first kappa shape index (κ1) is 8.73. The van der Waals surface area contributed by atoms with Gasteiger partial charge in [0.2, 0.25) is 0 Å². The summed E-state index contributed by atoms with van der Waals surface area (Å²) in [7, 11) is 0. The molecule has 0 saturated heterocycles. The van der Waals surface area contributed by atoms with Gasteiger partial charge in [0.15, 0.2) is 5.76 Å². The molecule has 1 heterocycles. The summed E-state index contributed by atoms with van der Waals surface area (Å²) in [5.41, 5.74) is 6.19. The summed E-state index contributed by atoms with van der Waals surface area (Å²) in [4.78, 5) is 10.2. The summed E-state index contributed by atoms with van der Waals surface area (Å²) in [6.45, 7) is 1.75. The fourth-order valence-corrected chi connectivity index (χ4v) is 0.847. The van der Waals surface area contributed by atoms with Crippen LogP contribution in [-0.2, 0) is 4.79 Å². The third-order valence-electron chi connectivity index (χ3n) is 1.41. The number of carbonyl (C=O) groups is 1. The number of hydrogen-bond donors (Lipinski definition) is 2. The molecule has 0 aliphatic heterocycles. The zero-order valence-corrected chi connectivity index (χ0v) is 6.65. The third kappa shape index (κ3) is 2.06. The molecule has 1 rings (SSSR count). The van der Waals surface area contributed by atoms with Crippen LogP contribution in [0, 0.1) is 6.92 Å². The quantitative estimate of drug-likeness (QED) is 0.687. The highest BCUT2D eigenvalue weighted by molar-refractivity contribution is 5.67. The average molecular weight is 170 g/mol. The maximum Gasteiger partial charge on any atom is 0.305 e. The monoisotopic (exact) mass is 170 g/mol. The Morgan fingerprint density at radius 3 is 3.00 bits per heavy atom. The zero-order chi connectivity index (χ0) is 9.14. The first-order chi connectivity index (χ1) is 5.59. The molecule has 0 spiro atoms. The molecule has 1 aromatic rings. The van der Waals surface area contributed by atoms with Gasteiger partial charge in [-0.1, -0.05) is 5.16 Å². The molecule has 1 atom stereocenters. The van der Waals surface area contributed by atoms with E-state index in [2.05, 4.69) is 5.16 Å². The molecule has 5 nitrogen and oxygen atoms in total. The molecule has 0 aliphatic carbocycles. The van der Waals surface area contributed by atoms with Gasteiger partial charge in [-0.05, 0) is 6.92 Å². The summed E-state index contributed by atoms with van der Waals surface area (Å²) < 4.78 is 4.79. The summed E-state index contributed by atoms with van der Waals surface area (Å²) in [6.07, 6.45) is -0.144. The summed E-state index contributed by atoms with van der Waals surface area (Å²) in [6, 6.07) is 1.02. The number of nitrogens with two attached hydrogens (primary N) is 1. The Kier molecular flexibility index (Phi) is 2.44. The number of hydrogen-bond acceptors (Lipinski definition) is 4. The minimum Gasteiger partial charge on any atom is -0.481 e. The van der Waals surface area contributed by atoms with Gasteiger partial charge in [-0.25, -0.2) is 0 Å². The number of carboxylic acids is 1. The predicted octanol–water partition coefficient (Wildman–Crippen LogP) is 0.458. The van der Waals surface area contributed by atoms with Crippen molar-refractivity contribution in [2.45, 2.75) is 19.4 Å². The highest BCUT2D eigenvalue weighted by Gasteiger charge is 2.14. The minimum atomic E-state index is -0.948. The van der Waals surface area contributed by atoms with Gasteiger partial charge in [-0.3, -0.25) is 4.79 Å². The van der Waals surface area contributed by atoms with Gasteiger partial charge in [0.05, 0.1) is 18.2 Å². The standard InChI is InChI=1S/C7H10N2O3/c1-4-2-6(12-9-4)5(8)3-7(10)11/h2,5H,3,8H2,1H3,(H,10,11). The van der Waals surface area contributed by atoms with E-state index in [-0.39, 0.29) is 6.42 Å². The molecule has 5 heteroatoms. The average Bonchev–Trinajstić information content (AvgIpc) is 2.34. The largest absolute Gasteiger partial charge is 0.481 e. The fourth-order valence-electron chi connectivity index (χ4n) is 0.847. The molecule has 0 aromatic carbocycles. The fraction of sp³-hybridized carbons (Fsp3) is 0.429. The first-order valence-electron chi connectivity index (χ1n) is 3.50. The molecule has 1 unspecified atom stereocenters. The highest BCUT2D eigenvalue weighted by Crippen LogP contribution is 2.14. The van der Waals surface area contributed by atoms with E-state index in [1.165, 1.54) is 0 Å². The van der Waals surface area contributed by atoms with Crippen molar-refractivity contribution in [3.63, 3.8) is 0 Å². The van der Waals surface area contributed by atoms with Crippen LogP contribution < -0.4 is 5.73 Å². The van der Waals surface area contributed by atoms with Crippen LogP contribution in [-0.4, -0.2) is 16.2 Å². The third-order valence-corrected chi connectivity index (χ3v) is 1.41. The summed E-state index contributed by atoms with van der Waals surface area (Å²) >= 11 is 0. The van der Waals surface area contributed by atoms with Crippen LogP contribution in [0.2, 0.25) is 0 Å². The van der Waals surface area contributed by atoms with Crippen molar-refractivity contribution in [2.75, 3.05) is 0 Å². The van der Waals surface area contributed by atoms with E-state index >= 15 is 0 Å². The van der Waals surface area contributed by atoms with Crippen molar-refractivity contribution >= 4 is 5.97 Å². The van der Waals surface area contributed by atoms with Gasteiger partial charge in [0.1, 0.15) is 0 Å². The van der Waals surface area contributed by atoms with Crippen LogP contribution in [0.1, 0.15) is 23.9 Å². The van der Waals surface area contributed by atoms with E-state index in [0.29, 0.717) is 11.5 Å². The number of nitrogens with zero attached hydrogens (tertiary/aromatic N) is 1. The van der Waals surface area contributed by atoms with Crippen LogP contribution in [0.25, 0.3) is 0 Å². The molecule has 3 N–H and O–H groups in total. The normalized spacial score (nSPS) is 12.8. The maximum atomic E-state index is 10.2. The second-order valence-electron chi connectivity index (χ2n) is 2.58. The lowest BCUT2D eigenvalue weighted by molar-refractivity contribution is -0.137. The second kappa shape index (κ2) is 3.36. The van der Waals surface area contributed by atoms with Crippen molar-refractivity contribution in [1.82, 2.24) is 5.16 Å². The van der Waals surface area contributed by atoms with Gasteiger partial charge in [-0.2, -0.15) is 0 Å². The molecular formula is C7H10N2O3. The van der Waals surface area contributed by atoms with Crippen molar-refractivity contribution in [3.05, 3.63) is 17.5 Å². The molecule has 0 bridgehead atoms. The maximum absolute atomic E-state index is 10.2. The van der Waals surface area contributed by atoms with Gasteiger partial charge in [0.25, 0.3) is 0 Å². The van der Waals surface area contributed by atoms with Crippen LogP contribution >= 0.6 is 0 Å². The Morgan fingerprint density at radius 2 is 2.58 bits per heavy atom. The molecule has 66 valence electrons. The topological polar surface area (TPSA) is 89.4 Å².